The Morgan fingerprint density at radius 1 is 1.38 bits per heavy atom. The molecule has 24 heavy (non-hydrogen) atoms. The first-order valence-corrected chi connectivity index (χ1v) is 9.55. The summed E-state index contributed by atoms with van der Waals surface area (Å²) in [4.78, 5) is 12.0. The summed E-state index contributed by atoms with van der Waals surface area (Å²) in [5.41, 5.74) is 0.250. The van der Waals surface area contributed by atoms with Gasteiger partial charge in [0.1, 0.15) is 6.04 Å². The van der Waals surface area contributed by atoms with Crippen molar-refractivity contribution in [1.82, 2.24) is 4.72 Å². The summed E-state index contributed by atoms with van der Waals surface area (Å²) in [6.07, 6.45) is 5.83. The van der Waals surface area contributed by atoms with Crippen molar-refractivity contribution in [3.8, 4) is 6.07 Å². The highest BCUT2D eigenvalue weighted by Gasteiger charge is 2.29. The number of ether oxygens (including phenoxy) is 1. The van der Waals surface area contributed by atoms with E-state index in [1.807, 2.05) is 6.07 Å². The maximum atomic E-state index is 12.5. The lowest BCUT2D eigenvalue weighted by Gasteiger charge is -2.25. The van der Waals surface area contributed by atoms with Crippen molar-refractivity contribution in [2.75, 3.05) is 7.11 Å². The minimum Gasteiger partial charge on any atom is -0.468 e. The molecule has 0 amide bonds. The molecule has 6 nitrogen and oxygen atoms in total. The monoisotopic (exact) mass is 350 g/mol. The minimum atomic E-state index is -3.90. The predicted octanol–water partition coefficient (Wildman–Crippen LogP) is 2.35. The molecule has 1 fully saturated rings. The normalized spacial score (nSPS) is 17.0. The molecule has 0 aromatic heterocycles. The van der Waals surface area contributed by atoms with Gasteiger partial charge >= 0.3 is 5.97 Å². The summed E-state index contributed by atoms with van der Waals surface area (Å²) in [6, 6.07) is 6.72. The average Bonchev–Trinajstić information content (AvgIpc) is 2.61. The third-order valence-electron chi connectivity index (χ3n) is 4.35. The Morgan fingerprint density at radius 3 is 2.71 bits per heavy atom. The molecule has 1 aliphatic rings. The Hall–Kier alpha value is -1.91. The van der Waals surface area contributed by atoms with Crippen molar-refractivity contribution in [2.24, 2.45) is 5.92 Å². The Balaban J connectivity index is 2.17. The molecule has 0 saturated heterocycles. The number of benzene rings is 1. The molecule has 1 N–H and O–H groups in total. The van der Waals surface area contributed by atoms with E-state index >= 15 is 0 Å². The maximum absolute atomic E-state index is 12.5. The van der Waals surface area contributed by atoms with Crippen LogP contribution in [0.2, 0.25) is 0 Å². The molecule has 2 rings (SSSR count). The van der Waals surface area contributed by atoms with Gasteiger partial charge in [0.2, 0.25) is 10.0 Å². The zero-order valence-electron chi connectivity index (χ0n) is 13.7. The van der Waals surface area contributed by atoms with E-state index in [2.05, 4.69) is 4.72 Å². The summed E-state index contributed by atoms with van der Waals surface area (Å²) in [5, 5.41) is 8.91. The zero-order chi connectivity index (χ0) is 17.6. The molecular formula is C17H22N2O4S. The number of sulfonamides is 1. The standard InChI is InChI=1S/C17H22N2O4S/c1-23-17(20)16(11-13-6-3-2-4-7-13)19-24(21,22)15-9-5-8-14(10-15)12-18/h5,8-10,13,16,19H,2-4,6-7,11H2,1H3. The van der Waals surface area contributed by atoms with Crippen LogP contribution in [-0.2, 0) is 19.6 Å². The maximum Gasteiger partial charge on any atom is 0.323 e. The summed E-state index contributed by atoms with van der Waals surface area (Å²) in [5.74, 6) is -0.267. The third-order valence-corrected chi connectivity index (χ3v) is 5.82. The number of hydrogen-bond donors (Lipinski definition) is 1. The van der Waals surface area contributed by atoms with Gasteiger partial charge < -0.3 is 4.74 Å². The van der Waals surface area contributed by atoms with Gasteiger partial charge in [-0.15, -0.1) is 0 Å². The van der Waals surface area contributed by atoms with Gasteiger partial charge in [0.15, 0.2) is 0 Å². The topological polar surface area (TPSA) is 96.3 Å². The van der Waals surface area contributed by atoms with Crippen LogP contribution in [0.25, 0.3) is 0 Å². The fraction of sp³-hybridized carbons (Fsp3) is 0.529. The fourth-order valence-corrected chi connectivity index (χ4v) is 4.32. The van der Waals surface area contributed by atoms with E-state index in [-0.39, 0.29) is 10.5 Å². The minimum absolute atomic E-state index is 0.0286. The third kappa shape index (κ3) is 4.79. The highest BCUT2D eigenvalue weighted by atomic mass is 32.2. The quantitative estimate of drug-likeness (QED) is 0.794. The van der Waals surface area contributed by atoms with Crippen LogP contribution in [0.1, 0.15) is 44.1 Å². The second kappa shape index (κ2) is 8.27. The zero-order valence-corrected chi connectivity index (χ0v) is 14.5. The van der Waals surface area contributed by atoms with Gasteiger partial charge in [0.05, 0.1) is 23.6 Å². The largest absolute Gasteiger partial charge is 0.468 e. The average molecular weight is 350 g/mol. The number of nitrogens with zero attached hydrogens (tertiary/aromatic N) is 1. The summed E-state index contributed by atoms with van der Waals surface area (Å²) in [7, 11) is -2.65. The van der Waals surface area contributed by atoms with E-state index in [0.717, 1.165) is 25.7 Å². The molecule has 1 aromatic rings. The van der Waals surface area contributed by atoms with E-state index in [9.17, 15) is 13.2 Å². The van der Waals surface area contributed by atoms with E-state index in [1.165, 1.54) is 37.8 Å². The summed E-state index contributed by atoms with van der Waals surface area (Å²) < 4.78 is 32.3. The molecule has 1 atom stereocenters. The molecule has 0 bridgehead atoms. The van der Waals surface area contributed by atoms with E-state index < -0.39 is 22.0 Å². The lowest BCUT2D eigenvalue weighted by Crippen LogP contribution is -2.42. The molecule has 1 unspecified atom stereocenters. The van der Waals surface area contributed by atoms with Crippen LogP contribution in [0.5, 0.6) is 0 Å². The number of hydrogen-bond acceptors (Lipinski definition) is 5. The first-order valence-electron chi connectivity index (χ1n) is 8.06. The van der Waals surface area contributed by atoms with Crippen molar-refractivity contribution in [2.45, 2.75) is 49.5 Å². The van der Waals surface area contributed by atoms with Crippen molar-refractivity contribution in [3.05, 3.63) is 29.8 Å². The van der Waals surface area contributed by atoms with Crippen molar-refractivity contribution in [3.63, 3.8) is 0 Å². The lowest BCUT2D eigenvalue weighted by molar-refractivity contribution is -0.143. The first-order chi connectivity index (χ1) is 11.5. The molecule has 1 saturated carbocycles. The van der Waals surface area contributed by atoms with Crippen molar-refractivity contribution >= 4 is 16.0 Å². The van der Waals surface area contributed by atoms with E-state index in [1.54, 1.807) is 0 Å². The van der Waals surface area contributed by atoms with Crippen LogP contribution >= 0.6 is 0 Å². The van der Waals surface area contributed by atoms with Crippen LogP contribution in [-0.4, -0.2) is 27.5 Å². The molecular weight excluding hydrogens is 328 g/mol. The number of rotatable bonds is 6. The molecule has 0 heterocycles. The Bertz CT molecular complexity index is 718. The number of nitrogens with one attached hydrogen (secondary N) is 1. The molecule has 0 spiro atoms. The van der Waals surface area contributed by atoms with Crippen LogP contribution < -0.4 is 4.72 Å². The predicted molar refractivity (Wildman–Crippen MR) is 88.5 cm³/mol. The number of esters is 1. The van der Waals surface area contributed by atoms with Gasteiger partial charge in [-0.05, 0) is 30.5 Å². The van der Waals surface area contributed by atoms with Gasteiger partial charge in [0.25, 0.3) is 0 Å². The Morgan fingerprint density at radius 2 is 2.08 bits per heavy atom. The smallest absolute Gasteiger partial charge is 0.323 e. The summed E-state index contributed by atoms with van der Waals surface area (Å²) >= 11 is 0. The number of carbonyl (C=O) groups excluding carboxylic acids is 1. The first kappa shape index (κ1) is 18.4. The SMILES string of the molecule is COC(=O)C(CC1CCCCC1)NS(=O)(=O)c1cccc(C#N)c1. The number of nitriles is 1. The van der Waals surface area contributed by atoms with Gasteiger partial charge in [-0.1, -0.05) is 38.2 Å². The van der Waals surface area contributed by atoms with Gasteiger partial charge in [-0.25, -0.2) is 8.42 Å². The summed E-state index contributed by atoms with van der Waals surface area (Å²) in [6.45, 7) is 0. The molecule has 7 heteroatoms. The highest BCUT2D eigenvalue weighted by Crippen LogP contribution is 2.28. The van der Waals surface area contributed by atoms with E-state index in [0.29, 0.717) is 12.3 Å². The lowest BCUT2D eigenvalue weighted by atomic mass is 9.85. The Kier molecular flexibility index (Phi) is 6.35. The fourth-order valence-electron chi connectivity index (χ4n) is 3.08. The van der Waals surface area contributed by atoms with Crippen LogP contribution in [0, 0.1) is 17.2 Å². The number of methoxy groups -OCH3 is 1. The van der Waals surface area contributed by atoms with Gasteiger partial charge in [-0.2, -0.15) is 9.98 Å². The van der Waals surface area contributed by atoms with Crippen LogP contribution in [0.15, 0.2) is 29.2 Å². The van der Waals surface area contributed by atoms with Gasteiger partial charge in [-0.3, -0.25) is 4.79 Å². The van der Waals surface area contributed by atoms with E-state index in [4.69, 9.17) is 10.00 Å². The molecule has 0 radical (unpaired) electrons. The number of carbonyl (C=O) groups is 1. The molecule has 1 aromatic carbocycles. The highest BCUT2D eigenvalue weighted by molar-refractivity contribution is 7.89. The van der Waals surface area contributed by atoms with Crippen molar-refractivity contribution in [1.29, 1.82) is 5.26 Å². The molecule has 1 aliphatic carbocycles. The van der Waals surface area contributed by atoms with Crippen LogP contribution in [0.3, 0.4) is 0 Å². The second-order valence-corrected chi connectivity index (χ2v) is 7.79. The van der Waals surface area contributed by atoms with Crippen molar-refractivity contribution < 1.29 is 17.9 Å². The molecule has 0 aliphatic heterocycles. The Labute approximate surface area is 142 Å². The second-order valence-electron chi connectivity index (χ2n) is 6.08. The molecule has 130 valence electrons. The van der Waals surface area contributed by atoms with Crippen LogP contribution in [0.4, 0.5) is 0 Å². The van der Waals surface area contributed by atoms with Gasteiger partial charge in [0, 0.05) is 0 Å².